The lowest BCUT2D eigenvalue weighted by Crippen LogP contribution is -2.42. The molecular weight excluding hydrogens is 397 g/mol. The molecule has 1 aliphatic rings. The van der Waals surface area contributed by atoms with E-state index in [0.29, 0.717) is 44.9 Å². The number of aryl methyl sites for hydroxylation is 3. The van der Waals surface area contributed by atoms with Gasteiger partial charge in [-0.2, -0.15) is 5.10 Å². The zero-order valence-corrected chi connectivity index (χ0v) is 17.8. The van der Waals surface area contributed by atoms with Crippen LogP contribution >= 0.6 is 0 Å². The Bertz CT molecular complexity index is 1050. The van der Waals surface area contributed by atoms with Gasteiger partial charge in [-0.15, -0.1) is 0 Å². The summed E-state index contributed by atoms with van der Waals surface area (Å²) in [5, 5.41) is 4.32. The summed E-state index contributed by atoms with van der Waals surface area (Å²) in [6, 6.07) is 12.2. The summed E-state index contributed by atoms with van der Waals surface area (Å²) < 4.78 is 20.8. The van der Waals surface area contributed by atoms with Crippen LogP contribution in [0.5, 0.6) is 0 Å². The number of carbonyl (C=O) groups excluding carboxylic acids is 1. The molecule has 0 saturated carbocycles. The van der Waals surface area contributed by atoms with Gasteiger partial charge < -0.3 is 9.64 Å². The standard InChI is InChI=1S/C23H26FN5O2/c1-16-25-17(2)29(27-16)11-10-23(30)28-12-13-31-22(15-28)21-5-3-4-20(26-21)14-18-6-8-19(24)9-7-18/h3-9,22H,10-15H2,1-2H3/t22-/m0/s1. The van der Waals surface area contributed by atoms with Gasteiger partial charge in [0.25, 0.3) is 0 Å². The van der Waals surface area contributed by atoms with Crippen LogP contribution in [0.1, 0.15) is 41.1 Å². The van der Waals surface area contributed by atoms with Crippen molar-refractivity contribution in [2.45, 2.75) is 39.3 Å². The van der Waals surface area contributed by atoms with Gasteiger partial charge in [-0.25, -0.2) is 14.1 Å². The van der Waals surface area contributed by atoms with Crippen LogP contribution in [0.2, 0.25) is 0 Å². The van der Waals surface area contributed by atoms with Crippen LogP contribution < -0.4 is 0 Å². The van der Waals surface area contributed by atoms with Crippen molar-refractivity contribution in [2.24, 2.45) is 0 Å². The van der Waals surface area contributed by atoms with E-state index in [2.05, 4.69) is 10.1 Å². The SMILES string of the molecule is Cc1nc(C)n(CCC(=O)N2CCO[C@H](c3cccc(Cc4ccc(F)cc4)n3)C2)n1. The molecule has 3 aromatic rings. The number of hydrogen-bond donors (Lipinski definition) is 0. The molecule has 3 heterocycles. The van der Waals surface area contributed by atoms with E-state index in [1.165, 1.54) is 12.1 Å². The van der Waals surface area contributed by atoms with Crippen molar-refractivity contribution in [1.29, 1.82) is 0 Å². The van der Waals surface area contributed by atoms with Gasteiger partial charge in [0.2, 0.25) is 5.91 Å². The highest BCUT2D eigenvalue weighted by Gasteiger charge is 2.26. The number of aromatic nitrogens is 4. The minimum Gasteiger partial charge on any atom is -0.368 e. The molecule has 0 N–H and O–H groups in total. The molecular formula is C23H26FN5O2. The van der Waals surface area contributed by atoms with Gasteiger partial charge in [-0.05, 0) is 43.7 Å². The van der Waals surface area contributed by atoms with E-state index in [1.54, 1.807) is 16.8 Å². The highest BCUT2D eigenvalue weighted by molar-refractivity contribution is 5.76. The highest BCUT2D eigenvalue weighted by atomic mass is 19.1. The summed E-state index contributed by atoms with van der Waals surface area (Å²) >= 11 is 0. The van der Waals surface area contributed by atoms with E-state index in [1.807, 2.05) is 36.9 Å². The number of nitrogens with zero attached hydrogens (tertiary/aromatic N) is 5. The minimum atomic E-state index is -0.263. The van der Waals surface area contributed by atoms with E-state index < -0.39 is 0 Å². The number of pyridine rings is 1. The van der Waals surface area contributed by atoms with Crippen molar-refractivity contribution in [3.8, 4) is 0 Å². The van der Waals surface area contributed by atoms with Crippen molar-refractivity contribution in [3.05, 3.63) is 76.9 Å². The number of amides is 1. The van der Waals surface area contributed by atoms with Crippen molar-refractivity contribution in [3.63, 3.8) is 0 Å². The second-order valence-corrected chi connectivity index (χ2v) is 7.74. The number of ether oxygens (including phenoxy) is 1. The Balaban J connectivity index is 1.38. The van der Waals surface area contributed by atoms with Crippen LogP contribution in [0.25, 0.3) is 0 Å². The molecule has 0 bridgehead atoms. The average molecular weight is 423 g/mol. The zero-order valence-electron chi connectivity index (χ0n) is 17.8. The van der Waals surface area contributed by atoms with E-state index in [9.17, 15) is 9.18 Å². The third kappa shape index (κ3) is 5.32. The van der Waals surface area contributed by atoms with Gasteiger partial charge in [0.15, 0.2) is 0 Å². The molecule has 1 aliphatic heterocycles. The van der Waals surface area contributed by atoms with E-state index in [4.69, 9.17) is 9.72 Å². The fraction of sp³-hybridized carbons (Fsp3) is 0.391. The first-order valence-electron chi connectivity index (χ1n) is 10.5. The summed E-state index contributed by atoms with van der Waals surface area (Å²) in [6.07, 6.45) is 0.718. The van der Waals surface area contributed by atoms with Crippen molar-refractivity contribution < 1.29 is 13.9 Å². The molecule has 0 radical (unpaired) electrons. The summed E-state index contributed by atoms with van der Waals surface area (Å²) in [5.41, 5.74) is 2.68. The quantitative estimate of drug-likeness (QED) is 0.609. The predicted octanol–water partition coefficient (Wildman–Crippen LogP) is 3.01. The number of halogens is 1. The van der Waals surface area contributed by atoms with Crippen LogP contribution in [-0.4, -0.2) is 50.3 Å². The second-order valence-electron chi connectivity index (χ2n) is 7.74. The smallest absolute Gasteiger partial charge is 0.224 e. The molecule has 0 spiro atoms. The molecule has 1 fully saturated rings. The maximum absolute atomic E-state index is 13.1. The fourth-order valence-corrected chi connectivity index (χ4v) is 3.77. The van der Waals surface area contributed by atoms with Crippen molar-refractivity contribution in [1.82, 2.24) is 24.6 Å². The number of morpholine rings is 1. The summed E-state index contributed by atoms with van der Waals surface area (Å²) in [6.45, 7) is 5.76. The van der Waals surface area contributed by atoms with Gasteiger partial charge in [0, 0.05) is 25.1 Å². The van der Waals surface area contributed by atoms with Crippen LogP contribution in [-0.2, 0) is 22.5 Å². The first-order chi connectivity index (χ1) is 15.0. The predicted molar refractivity (Wildman–Crippen MR) is 113 cm³/mol. The van der Waals surface area contributed by atoms with Crippen LogP contribution in [0.3, 0.4) is 0 Å². The molecule has 1 aromatic carbocycles. The largest absolute Gasteiger partial charge is 0.368 e. The number of hydrogen-bond acceptors (Lipinski definition) is 5. The van der Waals surface area contributed by atoms with Gasteiger partial charge in [0.05, 0.1) is 25.4 Å². The molecule has 31 heavy (non-hydrogen) atoms. The van der Waals surface area contributed by atoms with Gasteiger partial charge >= 0.3 is 0 Å². The van der Waals surface area contributed by atoms with E-state index >= 15 is 0 Å². The van der Waals surface area contributed by atoms with Gasteiger partial charge in [-0.1, -0.05) is 18.2 Å². The Hall–Kier alpha value is -3.13. The summed E-state index contributed by atoms with van der Waals surface area (Å²) in [4.78, 5) is 23.6. The maximum atomic E-state index is 13.1. The minimum absolute atomic E-state index is 0.0725. The first-order valence-corrected chi connectivity index (χ1v) is 10.5. The molecule has 1 saturated heterocycles. The van der Waals surface area contributed by atoms with E-state index in [-0.39, 0.29) is 17.8 Å². The molecule has 7 nitrogen and oxygen atoms in total. The zero-order chi connectivity index (χ0) is 21.8. The van der Waals surface area contributed by atoms with Crippen molar-refractivity contribution >= 4 is 5.91 Å². The van der Waals surface area contributed by atoms with E-state index in [0.717, 1.165) is 22.8 Å². The molecule has 8 heteroatoms. The Morgan fingerprint density at radius 2 is 1.97 bits per heavy atom. The molecule has 162 valence electrons. The Morgan fingerprint density at radius 1 is 1.16 bits per heavy atom. The second kappa shape index (κ2) is 9.34. The number of carbonyl (C=O) groups is 1. The molecule has 0 aliphatic carbocycles. The molecule has 0 unspecified atom stereocenters. The monoisotopic (exact) mass is 423 g/mol. The lowest BCUT2D eigenvalue weighted by atomic mass is 10.1. The normalized spacial score (nSPS) is 16.5. The molecule has 2 aromatic heterocycles. The maximum Gasteiger partial charge on any atom is 0.224 e. The summed E-state index contributed by atoms with van der Waals surface area (Å²) in [5.74, 6) is 1.35. The van der Waals surface area contributed by atoms with Crippen LogP contribution in [0.4, 0.5) is 4.39 Å². The third-order valence-electron chi connectivity index (χ3n) is 5.38. The number of rotatable bonds is 6. The van der Waals surface area contributed by atoms with Gasteiger partial charge in [-0.3, -0.25) is 9.78 Å². The van der Waals surface area contributed by atoms with Crippen LogP contribution in [0, 0.1) is 19.7 Å². The summed E-state index contributed by atoms with van der Waals surface area (Å²) in [7, 11) is 0. The lowest BCUT2D eigenvalue weighted by molar-refractivity contribution is -0.139. The topological polar surface area (TPSA) is 73.1 Å². The van der Waals surface area contributed by atoms with Gasteiger partial charge in [0.1, 0.15) is 23.6 Å². The van der Waals surface area contributed by atoms with Crippen LogP contribution in [0.15, 0.2) is 42.5 Å². The Morgan fingerprint density at radius 3 is 2.71 bits per heavy atom. The lowest BCUT2D eigenvalue weighted by Gasteiger charge is -2.33. The Kier molecular flexibility index (Phi) is 6.36. The Labute approximate surface area is 180 Å². The van der Waals surface area contributed by atoms with Crippen molar-refractivity contribution in [2.75, 3.05) is 19.7 Å². The first kappa shape index (κ1) is 21.1. The third-order valence-corrected chi connectivity index (χ3v) is 5.38. The highest BCUT2D eigenvalue weighted by Crippen LogP contribution is 2.22. The number of benzene rings is 1. The molecule has 1 amide bonds. The average Bonchev–Trinajstić information content (AvgIpc) is 3.11. The molecule has 1 atom stereocenters. The fourth-order valence-electron chi connectivity index (χ4n) is 3.77. The molecule has 4 rings (SSSR count).